The van der Waals surface area contributed by atoms with Crippen LogP contribution in [0.3, 0.4) is 0 Å². The zero-order valence-electron chi connectivity index (χ0n) is 6.23. The van der Waals surface area contributed by atoms with Crippen LogP contribution in [0, 0.1) is 0 Å². The van der Waals surface area contributed by atoms with Gasteiger partial charge < -0.3 is 15.4 Å². The largest absolute Gasteiger partial charge is 0.378 e. The number of nitrogens with zero attached hydrogens (tertiary/aromatic N) is 1. The first-order valence-corrected chi connectivity index (χ1v) is 3.27. The van der Waals surface area contributed by atoms with Gasteiger partial charge in [0.25, 0.3) is 0 Å². The lowest BCUT2D eigenvalue weighted by Gasteiger charge is -2.21. The van der Waals surface area contributed by atoms with Gasteiger partial charge in [-0.2, -0.15) is 0 Å². The van der Waals surface area contributed by atoms with E-state index in [1.54, 1.807) is 4.90 Å². The monoisotopic (exact) mass is 160 g/mol. The Bertz CT molecular complexity index is 112. The van der Waals surface area contributed by atoms with Crippen molar-refractivity contribution in [3.05, 3.63) is 0 Å². The zero-order chi connectivity index (χ0) is 8.53. The van der Waals surface area contributed by atoms with Crippen LogP contribution in [0.5, 0.6) is 0 Å². The first kappa shape index (κ1) is 9.90. The fraction of sp³-hybridized carbons (Fsp3) is 0.667. The highest BCUT2D eigenvalue weighted by Gasteiger charge is 2.05. The van der Waals surface area contributed by atoms with Crippen molar-refractivity contribution < 1.29 is 14.3 Å². The van der Waals surface area contributed by atoms with Crippen LogP contribution in [-0.4, -0.2) is 44.0 Å². The maximum atomic E-state index is 10.0. The molecule has 0 spiro atoms. The molecule has 1 heterocycles. The Balaban J connectivity index is 0.000000292. The third-order valence-electron chi connectivity index (χ3n) is 1.19. The highest BCUT2D eigenvalue weighted by molar-refractivity contribution is 5.46. The summed E-state index contributed by atoms with van der Waals surface area (Å²) in [6.45, 7) is 2.89. The van der Waals surface area contributed by atoms with E-state index in [4.69, 9.17) is 9.53 Å². The summed E-state index contributed by atoms with van der Waals surface area (Å²) in [5, 5.41) is 0. The highest BCUT2D eigenvalue weighted by Crippen LogP contribution is 1.90. The molecule has 0 saturated carbocycles. The highest BCUT2D eigenvalue weighted by atomic mass is 16.5. The summed E-state index contributed by atoms with van der Waals surface area (Å²) in [7, 11) is 0. The molecule has 1 fully saturated rings. The molecule has 5 nitrogen and oxygen atoms in total. The summed E-state index contributed by atoms with van der Waals surface area (Å²) in [5.41, 5.74) is 4.17. The number of rotatable bonds is 1. The van der Waals surface area contributed by atoms with E-state index in [0.29, 0.717) is 13.2 Å². The van der Waals surface area contributed by atoms with Crippen LogP contribution in [0.25, 0.3) is 0 Å². The quantitative estimate of drug-likeness (QED) is 0.478. The van der Waals surface area contributed by atoms with Gasteiger partial charge in [-0.3, -0.25) is 9.59 Å². The number of primary amides is 1. The molecule has 0 radical (unpaired) electrons. The number of hydrogen-bond acceptors (Lipinski definition) is 3. The summed E-state index contributed by atoms with van der Waals surface area (Å²) in [6, 6.07) is 0. The molecule has 0 aromatic rings. The Labute approximate surface area is 65.1 Å². The standard InChI is InChI=1S/C5H9NO2.CH3NO/c7-5-6-1-3-8-4-2-6;2-1-3/h5H,1-4H2;1H,(H2,2,3). The molecule has 0 aliphatic carbocycles. The van der Waals surface area contributed by atoms with Gasteiger partial charge in [-0.15, -0.1) is 0 Å². The van der Waals surface area contributed by atoms with Crippen molar-refractivity contribution in [2.24, 2.45) is 5.73 Å². The maximum Gasteiger partial charge on any atom is 0.209 e. The van der Waals surface area contributed by atoms with Crippen LogP contribution in [0.15, 0.2) is 0 Å². The van der Waals surface area contributed by atoms with Crippen LogP contribution in [0.1, 0.15) is 0 Å². The van der Waals surface area contributed by atoms with E-state index in [-0.39, 0.29) is 6.41 Å². The smallest absolute Gasteiger partial charge is 0.209 e. The predicted molar refractivity (Wildman–Crippen MR) is 38.7 cm³/mol. The minimum Gasteiger partial charge on any atom is -0.378 e. The Morgan fingerprint density at radius 1 is 1.27 bits per heavy atom. The molecule has 1 saturated heterocycles. The SMILES string of the molecule is NC=O.O=CN1CCOCC1. The van der Waals surface area contributed by atoms with Crippen LogP contribution < -0.4 is 5.73 Å². The molecule has 0 aromatic carbocycles. The maximum absolute atomic E-state index is 10.0. The molecule has 0 aromatic heterocycles. The molecule has 64 valence electrons. The summed E-state index contributed by atoms with van der Waals surface area (Å²) < 4.78 is 5.00. The number of nitrogens with two attached hydrogens (primary N) is 1. The molecule has 5 heteroatoms. The number of ether oxygens (including phenoxy) is 1. The molecule has 11 heavy (non-hydrogen) atoms. The van der Waals surface area contributed by atoms with Gasteiger partial charge in [-0.1, -0.05) is 0 Å². The van der Waals surface area contributed by atoms with Crippen molar-refractivity contribution in [2.75, 3.05) is 26.3 Å². The average molecular weight is 160 g/mol. The molecular weight excluding hydrogens is 148 g/mol. The Morgan fingerprint density at radius 2 is 1.73 bits per heavy atom. The van der Waals surface area contributed by atoms with E-state index in [0.717, 1.165) is 19.5 Å². The number of carbonyl (C=O) groups excluding carboxylic acids is 2. The van der Waals surface area contributed by atoms with E-state index >= 15 is 0 Å². The topological polar surface area (TPSA) is 72.6 Å². The van der Waals surface area contributed by atoms with Crippen molar-refractivity contribution in [3.8, 4) is 0 Å². The second kappa shape index (κ2) is 7.01. The zero-order valence-corrected chi connectivity index (χ0v) is 6.23. The van der Waals surface area contributed by atoms with E-state index in [9.17, 15) is 4.79 Å². The summed E-state index contributed by atoms with van der Waals surface area (Å²) in [5.74, 6) is 0. The van der Waals surface area contributed by atoms with Crippen molar-refractivity contribution >= 4 is 12.8 Å². The third-order valence-corrected chi connectivity index (χ3v) is 1.19. The van der Waals surface area contributed by atoms with Gasteiger partial charge in [-0.05, 0) is 0 Å². The van der Waals surface area contributed by atoms with Crippen LogP contribution in [-0.2, 0) is 14.3 Å². The molecule has 0 bridgehead atoms. The summed E-state index contributed by atoms with van der Waals surface area (Å²) in [6.07, 6.45) is 1.11. The molecule has 2 amide bonds. The van der Waals surface area contributed by atoms with Gasteiger partial charge in [0.05, 0.1) is 13.2 Å². The van der Waals surface area contributed by atoms with E-state index in [2.05, 4.69) is 5.73 Å². The lowest BCUT2D eigenvalue weighted by atomic mass is 10.5. The van der Waals surface area contributed by atoms with Gasteiger partial charge in [0.1, 0.15) is 0 Å². The normalized spacial score (nSPS) is 16.2. The average Bonchev–Trinajstić information content (AvgIpc) is 2.08. The lowest BCUT2D eigenvalue weighted by Crippen LogP contribution is -2.34. The van der Waals surface area contributed by atoms with E-state index in [1.165, 1.54) is 0 Å². The van der Waals surface area contributed by atoms with Crippen molar-refractivity contribution in [1.82, 2.24) is 4.90 Å². The van der Waals surface area contributed by atoms with Crippen molar-refractivity contribution in [1.29, 1.82) is 0 Å². The number of morpholine rings is 1. The first-order chi connectivity index (χ1) is 5.35. The molecule has 1 aliphatic heterocycles. The van der Waals surface area contributed by atoms with Gasteiger partial charge in [0.2, 0.25) is 12.8 Å². The van der Waals surface area contributed by atoms with Gasteiger partial charge in [0, 0.05) is 13.1 Å². The Morgan fingerprint density at radius 3 is 2.00 bits per heavy atom. The number of carbonyl (C=O) groups is 2. The van der Waals surface area contributed by atoms with Crippen molar-refractivity contribution in [2.45, 2.75) is 0 Å². The fourth-order valence-electron chi connectivity index (χ4n) is 0.683. The van der Waals surface area contributed by atoms with Crippen LogP contribution in [0.4, 0.5) is 0 Å². The van der Waals surface area contributed by atoms with Crippen LogP contribution >= 0.6 is 0 Å². The molecule has 0 atom stereocenters. The second-order valence-electron chi connectivity index (χ2n) is 1.89. The predicted octanol–water partition coefficient (Wildman–Crippen LogP) is -1.42. The minimum atomic E-state index is 0.250. The van der Waals surface area contributed by atoms with Crippen molar-refractivity contribution in [3.63, 3.8) is 0 Å². The molecule has 1 aliphatic rings. The second-order valence-corrected chi connectivity index (χ2v) is 1.89. The summed E-state index contributed by atoms with van der Waals surface area (Å²) in [4.78, 5) is 20.3. The third kappa shape index (κ3) is 5.35. The minimum absolute atomic E-state index is 0.250. The van der Waals surface area contributed by atoms with Gasteiger partial charge in [0.15, 0.2) is 0 Å². The van der Waals surface area contributed by atoms with Gasteiger partial charge in [-0.25, -0.2) is 0 Å². The molecular formula is C6H12N2O3. The Kier molecular flexibility index (Phi) is 6.31. The number of amides is 2. The lowest BCUT2D eigenvalue weighted by molar-refractivity contribution is -0.121. The summed E-state index contributed by atoms with van der Waals surface area (Å²) >= 11 is 0. The van der Waals surface area contributed by atoms with Gasteiger partial charge >= 0.3 is 0 Å². The molecule has 2 N–H and O–H groups in total. The fourth-order valence-corrected chi connectivity index (χ4v) is 0.683. The number of hydrogen-bond donors (Lipinski definition) is 1. The van der Waals surface area contributed by atoms with E-state index < -0.39 is 0 Å². The molecule has 1 rings (SSSR count). The first-order valence-electron chi connectivity index (χ1n) is 3.27. The Hall–Kier alpha value is -1.10. The molecule has 0 unspecified atom stereocenters. The van der Waals surface area contributed by atoms with E-state index in [1.807, 2.05) is 0 Å². The van der Waals surface area contributed by atoms with Crippen LogP contribution in [0.2, 0.25) is 0 Å².